The fraction of sp³-hybridized carbons (Fsp3) is 0.250. The van der Waals surface area contributed by atoms with Crippen molar-refractivity contribution in [3.8, 4) is 0 Å². The molecule has 1 aromatic heterocycles. The number of carbonyl (C=O) groups is 1. The smallest absolute Gasteiger partial charge is 0.339 e. The number of cyclic esters (lactones) is 1. The molecule has 1 atom stereocenters. The molecular formula is C20H19NO2. The van der Waals surface area contributed by atoms with Crippen LogP contribution in [0.1, 0.15) is 41.3 Å². The van der Waals surface area contributed by atoms with E-state index in [9.17, 15) is 4.79 Å². The van der Waals surface area contributed by atoms with Gasteiger partial charge in [0, 0.05) is 23.8 Å². The van der Waals surface area contributed by atoms with Crippen LogP contribution in [0.25, 0.3) is 10.9 Å². The highest BCUT2D eigenvalue weighted by Gasteiger charge is 2.29. The Morgan fingerprint density at radius 3 is 2.74 bits per heavy atom. The number of hydrogen-bond acceptors (Lipinski definition) is 2. The lowest BCUT2D eigenvalue weighted by atomic mass is 10.0. The topological polar surface area (TPSA) is 31.2 Å². The Balaban J connectivity index is 1.35. The highest BCUT2D eigenvalue weighted by Crippen LogP contribution is 2.33. The van der Waals surface area contributed by atoms with Gasteiger partial charge in [-0.15, -0.1) is 0 Å². The fourth-order valence-electron chi connectivity index (χ4n) is 3.38. The summed E-state index contributed by atoms with van der Waals surface area (Å²) in [5.41, 5.74) is 3.06. The first-order valence-electron chi connectivity index (χ1n) is 8.17. The number of aromatic nitrogens is 1. The highest BCUT2D eigenvalue weighted by molar-refractivity contribution is 5.93. The molecule has 0 N–H and O–H groups in total. The molecule has 0 saturated heterocycles. The highest BCUT2D eigenvalue weighted by atomic mass is 16.5. The monoisotopic (exact) mass is 305 g/mol. The lowest BCUT2D eigenvalue weighted by molar-refractivity contribution is 0.0363. The molecule has 116 valence electrons. The number of ether oxygens (including phenoxy) is 1. The molecule has 0 amide bonds. The molecular weight excluding hydrogens is 286 g/mol. The van der Waals surface area contributed by atoms with Gasteiger partial charge in [-0.2, -0.15) is 0 Å². The summed E-state index contributed by atoms with van der Waals surface area (Å²) in [5, 5.41) is 1.28. The van der Waals surface area contributed by atoms with Crippen LogP contribution in [-0.2, 0) is 11.3 Å². The number of para-hydroxylation sites is 1. The molecule has 0 radical (unpaired) electrons. The molecule has 0 bridgehead atoms. The molecule has 4 rings (SSSR count). The summed E-state index contributed by atoms with van der Waals surface area (Å²) in [4.78, 5) is 11.8. The van der Waals surface area contributed by atoms with Crippen molar-refractivity contribution in [1.82, 2.24) is 4.57 Å². The number of aryl methyl sites for hydroxylation is 1. The van der Waals surface area contributed by atoms with Crippen LogP contribution in [0.4, 0.5) is 0 Å². The van der Waals surface area contributed by atoms with Gasteiger partial charge >= 0.3 is 5.97 Å². The van der Waals surface area contributed by atoms with E-state index in [4.69, 9.17) is 4.74 Å². The minimum Gasteiger partial charge on any atom is -0.454 e. The molecule has 3 aromatic rings. The van der Waals surface area contributed by atoms with Crippen LogP contribution in [0, 0.1) is 0 Å². The van der Waals surface area contributed by atoms with E-state index in [1.165, 1.54) is 10.9 Å². The summed E-state index contributed by atoms with van der Waals surface area (Å²) in [5.74, 6) is -0.179. The van der Waals surface area contributed by atoms with Crippen molar-refractivity contribution in [1.29, 1.82) is 0 Å². The van der Waals surface area contributed by atoms with Crippen LogP contribution in [0.15, 0.2) is 60.8 Å². The molecule has 3 nitrogen and oxygen atoms in total. The van der Waals surface area contributed by atoms with Crippen LogP contribution < -0.4 is 0 Å². The second-order valence-electron chi connectivity index (χ2n) is 6.04. The standard InChI is InChI=1S/C20H19NO2/c22-20-17-9-3-2-8-16(17)19(23-20)11-5-6-13-21-14-12-15-7-1-4-10-18(15)21/h1-4,7-10,12,14,19H,5-6,11,13H2. The van der Waals surface area contributed by atoms with E-state index >= 15 is 0 Å². The second-order valence-corrected chi connectivity index (χ2v) is 6.04. The average molecular weight is 305 g/mol. The Labute approximate surface area is 135 Å². The average Bonchev–Trinajstić information content (AvgIpc) is 3.14. The molecule has 2 aromatic carbocycles. The molecule has 2 heterocycles. The van der Waals surface area contributed by atoms with Crippen LogP contribution >= 0.6 is 0 Å². The molecule has 0 saturated carbocycles. The number of rotatable bonds is 5. The predicted molar refractivity (Wildman–Crippen MR) is 90.4 cm³/mol. The minimum absolute atomic E-state index is 0.0693. The van der Waals surface area contributed by atoms with Crippen LogP contribution in [0.3, 0.4) is 0 Å². The zero-order chi connectivity index (χ0) is 15.6. The Morgan fingerprint density at radius 1 is 0.957 bits per heavy atom. The van der Waals surface area contributed by atoms with Crippen molar-refractivity contribution < 1.29 is 9.53 Å². The van der Waals surface area contributed by atoms with E-state index in [1.807, 2.05) is 24.3 Å². The molecule has 3 heteroatoms. The summed E-state index contributed by atoms with van der Waals surface area (Å²) in [7, 11) is 0. The first-order valence-corrected chi connectivity index (χ1v) is 8.17. The molecule has 0 fully saturated rings. The zero-order valence-electron chi connectivity index (χ0n) is 12.9. The summed E-state index contributed by atoms with van der Waals surface area (Å²) in [6, 6.07) is 18.3. The largest absolute Gasteiger partial charge is 0.454 e. The molecule has 0 aliphatic carbocycles. The summed E-state index contributed by atoms with van der Waals surface area (Å²) in [6.45, 7) is 0.996. The van der Waals surface area contributed by atoms with E-state index in [-0.39, 0.29) is 12.1 Å². The van der Waals surface area contributed by atoms with Crippen molar-refractivity contribution in [2.75, 3.05) is 0 Å². The minimum atomic E-state index is -0.179. The number of unbranched alkanes of at least 4 members (excludes halogenated alkanes) is 1. The van der Waals surface area contributed by atoms with Gasteiger partial charge in [0.05, 0.1) is 5.56 Å². The first kappa shape index (κ1) is 14.1. The van der Waals surface area contributed by atoms with Crippen molar-refractivity contribution in [2.45, 2.75) is 31.9 Å². The van der Waals surface area contributed by atoms with Crippen LogP contribution in [0.5, 0.6) is 0 Å². The second kappa shape index (κ2) is 5.92. The van der Waals surface area contributed by atoms with E-state index in [0.717, 1.165) is 36.9 Å². The number of benzene rings is 2. The van der Waals surface area contributed by atoms with Gasteiger partial charge in [-0.1, -0.05) is 36.4 Å². The van der Waals surface area contributed by atoms with E-state index < -0.39 is 0 Å². The number of hydrogen-bond donors (Lipinski definition) is 0. The quantitative estimate of drug-likeness (QED) is 0.504. The van der Waals surface area contributed by atoms with Gasteiger partial charge in [0.25, 0.3) is 0 Å². The SMILES string of the molecule is O=C1OC(CCCCn2ccc3ccccc32)c2ccccc21. The van der Waals surface area contributed by atoms with Crippen molar-refractivity contribution in [3.05, 3.63) is 71.9 Å². The normalized spacial score (nSPS) is 16.5. The first-order chi connectivity index (χ1) is 11.3. The fourth-order valence-corrected chi connectivity index (χ4v) is 3.38. The molecule has 1 unspecified atom stereocenters. The van der Waals surface area contributed by atoms with Crippen LogP contribution in [-0.4, -0.2) is 10.5 Å². The van der Waals surface area contributed by atoms with Gasteiger partial charge in [-0.05, 0) is 42.8 Å². The zero-order valence-corrected chi connectivity index (χ0v) is 12.9. The van der Waals surface area contributed by atoms with Crippen molar-refractivity contribution >= 4 is 16.9 Å². The third-order valence-corrected chi connectivity index (χ3v) is 4.57. The summed E-state index contributed by atoms with van der Waals surface area (Å²) < 4.78 is 7.79. The molecule has 23 heavy (non-hydrogen) atoms. The maximum atomic E-state index is 11.8. The predicted octanol–water partition coefficient (Wildman–Crippen LogP) is 4.72. The van der Waals surface area contributed by atoms with Gasteiger partial charge in [0.2, 0.25) is 0 Å². The maximum Gasteiger partial charge on any atom is 0.339 e. The lowest BCUT2D eigenvalue weighted by Crippen LogP contribution is -2.01. The maximum absolute atomic E-state index is 11.8. The number of carbonyl (C=O) groups excluding carboxylic acids is 1. The van der Waals surface area contributed by atoms with Crippen molar-refractivity contribution in [3.63, 3.8) is 0 Å². The molecule has 1 aliphatic rings. The third-order valence-electron chi connectivity index (χ3n) is 4.57. The number of fused-ring (bicyclic) bond motifs is 2. The van der Waals surface area contributed by atoms with Gasteiger partial charge in [0.15, 0.2) is 0 Å². The van der Waals surface area contributed by atoms with E-state index in [1.54, 1.807) is 0 Å². The summed E-state index contributed by atoms with van der Waals surface area (Å²) >= 11 is 0. The molecule has 0 spiro atoms. The Kier molecular flexibility index (Phi) is 3.62. The van der Waals surface area contributed by atoms with Gasteiger partial charge < -0.3 is 9.30 Å². The van der Waals surface area contributed by atoms with Gasteiger partial charge in [-0.3, -0.25) is 0 Å². The van der Waals surface area contributed by atoms with Crippen molar-refractivity contribution in [2.24, 2.45) is 0 Å². The summed E-state index contributed by atoms with van der Waals surface area (Å²) in [6.07, 6.45) is 5.09. The van der Waals surface area contributed by atoms with Gasteiger partial charge in [-0.25, -0.2) is 4.79 Å². The Morgan fingerprint density at radius 2 is 1.78 bits per heavy atom. The Hall–Kier alpha value is -2.55. The number of esters is 1. The van der Waals surface area contributed by atoms with E-state index in [2.05, 4.69) is 41.1 Å². The Bertz CT molecular complexity index is 849. The van der Waals surface area contributed by atoms with Gasteiger partial charge in [0.1, 0.15) is 6.10 Å². The van der Waals surface area contributed by atoms with Crippen LogP contribution in [0.2, 0.25) is 0 Å². The number of nitrogens with zero attached hydrogens (tertiary/aromatic N) is 1. The third kappa shape index (κ3) is 2.63. The molecule has 1 aliphatic heterocycles. The lowest BCUT2D eigenvalue weighted by Gasteiger charge is -2.11. The van der Waals surface area contributed by atoms with E-state index in [0.29, 0.717) is 0 Å².